The van der Waals surface area contributed by atoms with Crippen LogP contribution in [-0.4, -0.2) is 61.7 Å². The molecule has 0 radical (unpaired) electrons. The molecule has 0 amide bonds. The molecule has 11 heteroatoms. The number of anilines is 1. The number of sulfonamides is 1. The van der Waals surface area contributed by atoms with Crippen LogP contribution in [0, 0.1) is 0 Å². The SMILES string of the molecule is COc1ccc(N(CCNS(=O)(=O)N(C)C)S(C)(=O)=O)cc1Cl. The standard InChI is InChI=1S/C12H20ClN3O5S2/c1-15(2)23(19,20)14-7-8-16(22(4,17)18)10-5-6-12(21-3)11(13)9-10/h5-6,9,14H,7-8H2,1-4H3. The predicted molar refractivity (Wildman–Crippen MR) is 90.8 cm³/mol. The van der Waals surface area contributed by atoms with Crippen molar-refractivity contribution in [3.63, 3.8) is 0 Å². The summed E-state index contributed by atoms with van der Waals surface area (Å²) in [5.41, 5.74) is 0.322. The first kappa shape index (κ1) is 20.0. The summed E-state index contributed by atoms with van der Waals surface area (Å²) in [6.07, 6.45) is 1.03. The van der Waals surface area contributed by atoms with Crippen LogP contribution in [0.25, 0.3) is 0 Å². The first-order valence-corrected chi connectivity index (χ1v) is 10.1. The molecule has 0 saturated heterocycles. The Morgan fingerprint density at radius 2 is 1.83 bits per heavy atom. The molecule has 0 saturated carbocycles. The lowest BCUT2D eigenvalue weighted by Crippen LogP contribution is -2.42. The first-order chi connectivity index (χ1) is 10.5. The van der Waals surface area contributed by atoms with E-state index in [-0.39, 0.29) is 18.1 Å². The quantitative estimate of drug-likeness (QED) is 0.703. The van der Waals surface area contributed by atoms with Crippen LogP contribution in [0.1, 0.15) is 0 Å². The molecule has 1 N–H and O–H groups in total. The van der Waals surface area contributed by atoms with E-state index in [0.717, 1.165) is 14.9 Å². The van der Waals surface area contributed by atoms with E-state index >= 15 is 0 Å². The van der Waals surface area contributed by atoms with Gasteiger partial charge in [0.05, 0.1) is 24.1 Å². The third-order valence-corrected chi connectivity index (χ3v) is 5.92. The lowest BCUT2D eigenvalue weighted by atomic mass is 10.3. The monoisotopic (exact) mass is 385 g/mol. The van der Waals surface area contributed by atoms with Gasteiger partial charge in [0.1, 0.15) is 5.75 Å². The van der Waals surface area contributed by atoms with Crippen molar-refractivity contribution in [3.8, 4) is 5.75 Å². The number of ether oxygens (including phenoxy) is 1. The van der Waals surface area contributed by atoms with Gasteiger partial charge in [-0.2, -0.15) is 12.7 Å². The molecule has 0 heterocycles. The van der Waals surface area contributed by atoms with Crippen LogP contribution in [0.4, 0.5) is 5.69 Å². The number of nitrogens with zero attached hydrogens (tertiary/aromatic N) is 2. The predicted octanol–water partition coefficient (Wildman–Crippen LogP) is 0.511. The minimum atomic E-state index is -3.62. The van der Waals surface area contributed by atoms with E-state index in [0.29, 0.717) is 11.4 Å². The van der Waals surface area contributed by atoms with Crippen molar-refractivity contribution in [1.82, 2.24) is 9.03 Å². The molecule has 0 atom stereocenters. The van der Waals surface area contributed by atoms with E-state index in [4.69, 9.17) is 16.3 Å². The van der Waals surface area contributed by atoms with Crippen LogP contribution in [-0.2, 0) is 20.2 Å². The van der Waals surface area contributed by atoms with Crippen LogP contribution in [0.3, 0.4) is 0 Å². The summed E-state index contributed by atoms with van der Waals surface area (Å²) in [4.78, 5) is 0. The van der Waals surface area contributed by atoms with Gasteiger partial charge in [0.25, 0.3) is 10.2 Å². The number of nitrogens with one attached hydrogen (secondary N) is 1. The minimum absolute atomic E-state index is 0.0748. The average molecular weight is 386 g/mol. The second-order valence-electron chi connectivity index (χ2n) is 4.84. The molecule has 1 rings (SSSR count). The molecule has 0 aliphatic heterocycles. The Hall–Kier alpha value is -1.07. The van der Waals surface area contributed by atoms with Gasteiger partial charge < -0.3 is 4.74 Å². The fraction of sp³-hybridized carbons (Fsp3) is 0.500. The Labute approximate surface area is 142 Å². The molecule has 0 aromatic heterocycles. The zero-order chi connectivity index (χ0) is 17.8. The Morgan fingerprint density at radius 3 is 2.26 bits per heavy atom. The largest absolute Gasteiger partial charge is 0.495 e. The molecule has 132 valence electrons. The molecule has 1 aromatic carbocycles. The van der Waals surface area contributed by atoms with Gasteiger partial charge in [0, 0.05) is 27.2 Å². The molecular weight excluding hydrogens is 366 g/mol. The van der Waals surface area contributed by atoms with Crippen molar-refractivity contribution >= 4 is 37.5 Å². The van der Waals surface area contributed by atoms with E-state index in [1.807, 2.05) is 0 Å². The maximum Gasteiger partial charge on any atom is 0.278 e. The Kier molecular flexibility index (Phi) is 6.66. The fourth-order valence-electron chi connectivity index (χ4n) is 1.70. The van der Waals surface area contributed by atoms with E-state index in [2.05, 4.69) is 4.72 Å². The van der Waals surface area contributed by atoms with E-state index < -0.39 is 20.2 Å². The maximum atomic E-state index is 12.0. The van der Waals surface area contributed by atoms with Crippen LogP contribution >= 0.6 is 11.6 Å². The van der Waals surface area contributed by atoms with Gasteiger partial charge in [-0.05, 0) is 18.2 Å². The highest BCUT2D eigenvalue weighted by atomic mass is 35.5. The van der Waals surface area contributed by atoms with Crippen molar-refractivity contribution in [2.75, 3.05) is 44.9 Å². The van der Waals surface area contributed by atoms with Gasteiger partial charge in [0.15, 0.2) is 0 Å². The van der Waals surface area contributed by atoms with Gasteiger partial charge >= 0.3 is 0 Å². The number of hydrogen-bond donors (Lipinski definition) is 1. The van der Waals surface area contributed by atoms with Gasteiger partial charge in [-0.15, -0.1) is 0 Å². The fourth-order valence-corrected chi connectivity index (χ4v) is 3.48. The van der Waals surface area contributed by atoms with Crippen molar-refractivity contribution in [2.45, 2.75) is 0 Å². The molecule has 0 aliphatic rings. The highest BCUT2D eigenvalue weighted by Crippen LogP contribution is 2.29. The van der Waals surface area contributed by atoms with E-state index in [1.54, 1.807) is 6.07 Å². The summed E-state index contributed by atoms with van der Waals surface area (Å²) in [6, 6.07) is 4.52. The Morgan fingerprint density at radius 1 is 1.22 bits per heavy atom. The highest BCUT2D eigenvalue weighted by molar-refractivity contribution is 7.92. The maximum absolute atomic E-state index is 12.0. The van der Waals surface area contributed by atoms with Crippen LogP contribution in [0.15, 0.2) is 18.2 Å². The molecule has 0 unspecified atom stereocenters. The lowest BCUT2D eigenvalue weighted by molar-refractivity contribution is 0.415. The number of benzene rings is 1. The second kappa shape index (κ2) is 7.67. The smallest absolute Gasteiger partial charge is 0.278 e. The summed E-state index contributed by atoms with van der Waals surface area (Å²) in [5.74, 6) is 0.414. The molecule has 0 bridgehead atoms. The molecule has 8 nitrogen and oxygen atoms in total. The van der Waals surface area contributed by atoms with Crippen molar-refractivity contribution in [2.24, 2.45) is 0 Å². The third kappa shape index (κ3) is 5.50. The van der Waals surface area contributed by atoms with Crippen molar-refractivity contribution in [1.29, 1.82) is 0 Å². The highest BCUT2D eigenvalue weighted by Gasteiger charge is 2.20. The van der Waals surface area contributed by atoms with Gasteiger partial charge in [-0.1, -0.05) is 11.6 Å². The van der Waals surface area contributed by atoms with E-state index in [9.17, 15) is 16.8 Å². The van der Waals surface area contributed by atoms with Crippen molar-refractivity contribution < 1.29 is 21.6 Å². The molecule has 0 fully saturated rings. The van der Waals surface area contributed by atoms with Crippen LogP contribution in [0.2, 0.25) is 5.02 Å². The first-order valence-electron chi connectivity index (χ1n) is 6.47. The van der Waals surface area contributed by atoms with Crippen molar-refractivity contribution in [3.05, 3.63) is 23.2 Å². The number of hydrogen-bond acceptors (Lipinski definition) is 5. The zero-order valence-corrected chi connectivity index (χ0v) is 15.7. The second-order valence-corrected chi connectivity index (χ2v) is 9.12. The summed E-state index contributed by atoms with van der Waals surface area (Å²) < 4.78 is 56.6. The molecular formula is C12H20ClN3O5S2. The summed E-state index contributed by atoms with van der Waals surface area (Å²) >= 11 is 6.01. The normalized spacial score (nSPS) is 12.4. The lowest BCUT2D eigenvalue weighted by Gasteiger charge is -2.23. The van der Waals surface area contributed by atoms with Gasteiger partial charge in [-0.25, -0.2) is 13.1 Å². The number of rotatable bonds is 8. The Balaban J connectivity index is 2.97. The minimum Gasteiger partial charge on any atom is -0.495 e. The molecule has 0 spiro atoms. The number of methoxy groups -OCH3 is 1. The zero-order valence-electron chi connectivity index (χ0n) is 13.3. The number of halogens is 1. The van der Waals surface area contributed by atoms with E-state index in [1.165, 1.54) is 33.3 Å². The third-order valence-electron chi connectivity index (χ3n) is 2.90. The molecule has 23 heavy (non-hydrogen) atoms. The van der Waals surface area contributed by atoms with Gasteiger partial charge in [-0.3, -0.25) is 4.31 Å². The summed E-state index contributed by atoms with van der Waals surface area (Å²) in [6.45, 7) is -0.161. The summed E-state index contributed by atoms with van der Waals surface area (Å²) in [7, 11) is -3.03. The average Bonchev–Trinajstić information content (AvgIpc) is 2.42. The van der Waals surface area contributed by atoms with Crippen LogP contribution in [0.5, 0.6) is 5.75 Å². The van der Waals surface area contributed by atoms with Crippen LogP contribution < -0.4 is 13.8 Å². The molecule has 0 aliphatic carbocycles. The topological polar surface area (TPSA) is 96.0 Å². The van der Waals surface area contributed by atoms with Gasteiger partial charge in [0.2, 0.25) is 10.0 Å². The Bertz CT molecular complexity index is 750. The summed E-state index contributed by atoms with van der Waals surface area (Å²) in [5, 5.41) is 0.257. The molecule has 1 aromatic rings.